The molecule has 0 amide bonds. The fourth-order valence-corrected chi connectivity index (χ4v) is 1.35. The maximum atomic E-state index is 10.6. The molecule has 0 saturated carbocycles. The van der Waals surface area contributed by atoms with Crippen molar-refractivity contribution < 1.29 is 14.8 Å². The van der Waals surface area contributed by atoms with Gasteiger partial charge in [-0.2, -0.15) is 4.94 Å². The number of allylic oxidation sites excluding steroid dienone is 2. The average Bonchev–Trinajstić information content (AvgIpc) is 2.64. The molecule has 2 aliphatic heterocycles. The van der Waals surface area contributed by atoms with Crippen molar-refractivity contribution in [1.82, 2.24) is 10.5 Å². The minimum Gasteiger partial charge on any atom is -0.480 e. The molecule has 2 heterocycles. The molecule has 0 aromatic rings. The van der Waals surface area contributed by atoms with Crippen LogP contribution in [0.15, 0.2) is 35.8 Å². The molecule has 2 aliphatic rings. The maximum absolute atomic E-state index is 10.6. The van der Waals surface area contributed by atoms with Gasteiger partial charge in [0.15, 0.2) is 0 Å². The van der Waals surface area contributed by atoms with E-state index in [1.54, 1.807) is 18.5 Å². The zero-order valence-electron chi connectivity index (χ0n) is 7.88. The third-order valence-electron chi connectivity index (χ3n) is 2.14. The van der Waals surface area contributed by atoms with Gasteiger partial charge in [0.2, 0.25) is 0 Å². The topological polar surface area (TPSA) is 87.8 Å². The number of carbonyl (C=O) groups is 1. The Bertz CT molecular complexity index is 373. The lowest BCUT2D eigenvalue weighted by Gasteiger charge is -2.17. The molecule has 15 heavy (non-hydrogen) atoms. The molecule has 0 aromatic carbocycles. The van der Waals surface area contributed by atoms with Crippen LogP contribution in [0.1, 0.15) is 6.42 Å². The van der Waals surface area contributed by atoms with Crippen LogP contribution in [0.3, 0.4) is 0 Å². The average molecular weight is 209 g/mol. The van der Waals surface area contributed by atoms with Crippen LogP contribution in [0, 0.1) is 0 Å². The molecule has 0 radical (unpaired) electrons. The zero-order chi connectivity index (χ0) is 10.8. The normalized spacial score (nSPS) is 20.2. The number of hydrogen-bond acceptors (Lipinski definition) is 5. The number of nitrogens with zero attached hydrogens (tertiary/aromatic N) is 1. The summed E-state index contributed by atoms with van der Waals surface area (Å²) in [5.41, 5.74) is 9.70. The van der Waals surface area contributed by atoms with Gasteiger partial charge in [-0.15, -0.1) is 0 Å². The fraction of sp³-hybridized carbons (Fsp3) is 0.222. The molecule has 0 saturated heterocycles. The Hall–Kier alpha value is -1.79. The summed E-state index contributed by atoms with van der Waals surface area (Å²) in [5.74, 6) is -0.999. The van der Waals surface area contributed by atoms with Crippen molar-refractivity contribution in [1.29, 1.82) is 0 Å². The number of fused-ring (bicyclic) bond motifs is 1. The second kappa shape index (κ2) is 3.76. The van der Waals surface area contributed by atoms with E-state index in [9.17, 15) is 4.79 Å². The number of hydroxylamine groups is 3. The first-order valence-corrected chi connectivity index (χ1v) is 4.46. The van der Waals surface area contributed by atoms with Gasteiger partial charge in [-0.25, -0.2) is 10.5 Å². The van der Waals surface area contributed by atoms with Crippen molar-refractivity contribution in [2.75, 3.05) is 0 Å². The van der Waals surface area contributed by atoms with Gasteiger partial charge in [0.05, 0.1) is 11.9 Å². The monoisotopic (exact) mass is 209 g/mol. The van der Waals surface area contributed by atoms with Crippen LogP contribution in [-0.4, -0.2) is 22.2 Å². The molecule has 6 heteroatoms. The molecule has 0 bridgehead atoms. The van der Waals surface area contributed by atoms with Crippen molar-refractivity contribution in [2.45, 2.75) is 12.5 Å². The van der Waals surface area contributed by atoms with Gasteiger partial charge in [0.25, 0.3) is 0 Å². The van der Waals surface area contributed by atoms with Gasteiger partial charge < -0.3 is 10.8 Å². The molecule has 4 N–H and O–H groups in total. The van der Waals surface area contributed by atoms with E-state index < -0.39 is 12.0 Å². The Morgan fingerprint density at radius 1 is 1.73 bits per heavy atom. The van der Waals surface area contributed by atoms with Crippen molar-refractivity contribution in [2.24, 2.45) is 5.73 Å². The lowest BCUT2D eigenvalue weighted by molar-refractivity contribution is -0.138. The van der Waals surface area contributed by atoms with Gasteiger partial charge in [0, 0.05) is 6.20 Å². The lowest BCUT2D eigenvalue weighted by Crippen LogP contribution is -2.30. The molecule has 1 atom stereocenters. The maximum Gasteiger partial charge on any atom is 0.320 e. The number of rotatable bonds is 3. The molecule has 1 unspecified atom stereocenters. The number of nitrogens with one attached hydrogen (secondary N) is 1. The van der Waals surface area contributed by atoms with E-state index in [-0.39, 0.29) is 0 Å². The third-order valence-corrected chi connectivity index (χ3v) is 2.14. The number of nitrogens with two attached hydrogens (primary N) is 1. The SMILES string of the molecule is NC(CC1=CC2=CNON2C=C1)C(=O)O. The molecule has 0 fully saturated rings. The van der Waals surface area contributed by atoms with E-state index in [0.717, 1.165) is 11.3 Å². The van der Waals surface area contributed by atoms with Crippen LogP contribution in [-0.2, 0) is 9.73 Å². The molecule has 80 valence electrons. The van der Waals surface area contributed by atoms with E-state index in [1.165, 1.54) is 5.06 Å². The third kappa shape index (κ3) is 2.00. The first kappa shape index (κ1) is 9.75. The number of hydrogen-bond donors (Lipinski definition) is 3. The summed E-state index contributed by atoms with van der Waals surface area (Å²) >= 11 is 0. The van der Waals surface area contributed by atoms with Gasteiger partial charge in [-0.05, 0) is 24.1 Å². The summed E-state index contributed by atoms with van der Waals surface area (Å²) in [7, 11) is 0. The Labute approximate surface area is 86.2 Å². The predicted molar refractivity (Wildman–Crippen MR) is 51.6 cm³/mol. The first-order valence-electron chi connectivity index (χ1n) is 4.46. The second-order valence-electron chi connectivity index (χ2n) is 3.29. The van der Waals surface area contributed by atoms with Crippen LogP contribution in [0.4, 0.5) is 0 Å². The van der Waals surface area contributed by atoms with Crippen molar-refractivity contribution >= 4 is 5.97 Å². The van der Waals surface area contributed by atoms with Crippen LogP contribution in [0.2, 0.25) is 0 Å². The molecular weight excluding hydrogens is 198 g/mol. The summed E-state index contributed by atoms with van der Waals surface area (Å²) in [6.07, 6.45) is 7.28. The molecule has 6 nitrogen and oxygen atoms in total. The van der Waals surface area contributed by atoms with Crippen molar-refractivity contribution in [3.63, 3.8) is 0 Å². The van der Waals surface area contributed by atoms with Crippen molar-refractivity contribution in [3.8, 4) is 0 Å². The summed E-state index contributed by atoms with van der Waals surface area (Å²) < 4.78 is 0. The largest absolute Gasteiger partial charge is 0.480 e. The highest BCUT2D eigenvalue weighted by Crippen LogP contribution is 2.21. The Morgan fingerprint density at radius 3 is 3.27 bits per heavy atom. The van der Waals surface area contributed by atoms with Crippen LogP contribution in [0.5, 0.6) is 0 Å². The molecule has 0 spiro atoms. The Kier molecular flexibility index (Phi) is 2.44. The summed E-state index contributed by atoms with van der Waals surface area (Å²) in [5, 5.41) is 10.2. The van der Waals surface area contributed by atoms with Crippen LogP contribution < -0.4 is 11.2 Å². The standard InChI is InChI=1S/C9H11N3O3/c10-8(9(13)14)4-6-1-2-12-7(3-6)5-11-15-12/h1-3,5,8,11H,4,10H2,(H,13,14). The smallest absolute Gasteiger partial charge is 0.320 e. The van der Waals surface area contributed by atoms with E-state index in [2.05, 4.69) is 5.48 Å². The quantitative estimate of drug-likeness (QED) is 0.598. The summed E-state index contributed by atoms with van der Waals surface area (Å²) in [4.78, 5) is 15.5. The highest BCUT2D eigenvalue weighted by molar-refractivity contribution is 5.73. The van der Waals surface area contributed by atoms with E-state index in [4.69, 9.17) is 15.8 Å². The van der Waals surface area contributed by atoms with E-state index in [0.29, 0.717) is 6.42 Å². The van der Waals surface area contributed by atoms with Crippen LogP contribution in [0.25, 0.3) is 0 Å². The highest BCUT2D eigenvalue weighted by Gasteiger charge is 2.19. The van der Waals surface area contributed by atoms with E-state index in [1.807, 2.05) is 6.08 Å². The summed E-state index contributed by atoms with van der Waals surface area (Å²) in [6, 6.07) is -0.872. The van der Waals surface area contributed by atoms with Gasteiger partial charge in [0.1, 0.15) is 6.04 Å². The zero-order valence-corrected chi connectivity index (χ0v) is 7.88. The second-order valence-corrected chi connectivity index (χ2v) is 3.29. The predicted octanol–water partition coefficient (Wildman–Crippen LogP) is -0.165. The van der Waals surface area contributed by atoms with Gasteiger partial charge >= 0.3 is 5.97 Å². The fourth-order valence-electron chi connectivity index (χ4n) is 1.35. The Balaban J connectivity index is 2.05. The highest BCUT2D eigenvalue weighted by atomic mass is 16.8. The summed E-state index contributed by atoms with van der Waals surface area (Å²) in [6.45, 7) is 0. The van der Waals surface area contributed by atoms with Gasteiger partial charge in [-0.1, -0.05) is 0 Å². The minimum atomic E-state index is -0.999. The van der Waals surface area contributed by atoms with E-state index >= 15 is 0 Å². The minimum absolute atomic E-state index is 0.303. The molecule has 2 rings (SSSR count). The first-order chi connectivity index (χ1) is 7.16. The molecule has 0 aromatic heterocycles. The number of carboxylic acids is 1. The van der Waals surface area contributed by atoms with Crippen LogP contribution >= 0.6 is 0 Å². The number of carboxylic acid groups (broad SMARTS) is 1. The Morgan fingerprint density at radius 2 is 2.53 bits per heavy atom. The molecular formula is C9H11N3O3. The molecule has 0 aliphatic carbocycles. The van der Waals surface area contributed by atoms with Crippen molar-refractivity contribution in [3.05, 3.63) is 35.8 Å². The lowest BCUT2D eigenvalue weighted by atomic mass is 10.0. The number of aliphatic carboxylic acids is 1. The van der Waals surface area contributed by atoms with Gasteiger partial charge in [-0.3, -0.25) is 4.79 Å².